The Morgan fingerprint density at radius 1 is 0.850 bits per heavy atom. The predicted octanol–water partition coefficient (Wildman–Crippen LogP) is 1.51. The number of anilines is 2. The average Bonchev–Trinajstić information content (AvgIpc) is 2.46. The maximum absolute atomic E-state index is 5.70. The first kappa shape index (κ1) is 14.0. The third kappa shape index (κ3) is 2.47. The van der Waals surface area contributed by atoms with Crippen LogP contribution >= 0.6 is 0 Å². The summed E-state index contributed by atoms with van der Waals surface area (Å²) in [6, 6.07) is 11.1. The van der Waals surface area contributed by atoms with Gasteiger partial charge < -0.3 is 15.2 Å². The second kappa shape index (κ2) is 5.68. The summed E-state index contributed by atoms with van der Waals surface area (Å²) >= 11 is 0. The minimum Gasteiger partial charge on any atom is -0.492 e. The van der Waals surface area contributed by atoms with E-state index in [1.54, 1.807) is 13.2 Å². The molecule has 0 atom stereocenters. The van der Waals surface area contributed by atoms with E-state index in [4.69, 9.17) is 26.9 Å². The van der Waals surface area contributed by atoms with E-state index in [1.165, 1.54) is 7.11 Å². The van der Waals surface area contributed by atoms with Gasteiger partial charge in [0.1, 0.15) is 5.69 Å². The Kier molecular flexibility index (Phi) is 3.97. The topological polar surface area (TPSA) is 99.8 Å². The number of hydrazine groups is 2. The molecule has 106 valence electrons. The Labute approximate surface area is 117 Å². The van der Waals surface area contributed by atoms with Crippen molar-refractivity contribution in [2.24, 2.45) is 11.7 Å². The lowest BCUT2D eigenvalue weighted by molar-refractivity contribution is 0.356. The summed E-state index contributed by atoms with van der Waals surface area (Å²) in [6.07, 6.45) is 0. The van der Waals surface area contributed by atoms with Gasteiger partial charge in [0.05, 0.1) is 14.2 Å². The van der Waals surface area contributed by atoms with Gasteiger partial charge in [-0.3, -0.25) is 0 Å². The first-order valence-electron chi connectivity index (χ1n) is 5.99. The zero-order valence-electron chi connectivity index (χ0n) is 11.5. The molecule has 0 saturated heterocycles. The van der Waals surface area contributed by atoms with Crippen LogP contribution in [0.3, 0.4) is 0 Å². The number of nitrogens with zero attached hydrogens (tertiary/aromatic N) is 1. The number of benzene rings is 2. The molecule has 2 aromatic rings. The third-order valence-corrected chi connectivity index (χ3v) is 3.00. The summed E-state index contributed by atoms with van der Waals surface area (Å²) < 4.78 is 10.8. The lowest BCUT2D eigenvalue weighted by Crippen LogP contribution is -2.38. The van der Waals surface area contributed by atoms with Crippen LogP contribution in [0.4, 0.5) is 11.4 Å². The average molecular weight is 274 g/mol. The Balaban J connectivity index is 2.62. The van der Waals surface area contributed by atoms with Crippen LogP contribution in [0.5, 0.6) is 11.5 Å². The summed E-state index contributed by atoms with van der Waals surface area (Å²) in [5.41, 5.74) is 8.76. The monoisotopic (exact) mass is 274 g/mol. The molecule has 2 aromatic carbocycles. The van der Waals surface area contributed by atoms with E-state index in [1.807, 2.05) is 30.3 Å². The van der Waals surface area contributed by atoms with E-state index >= 15 is 0 Å². The van der Waals surface area contributed by atoms with Gasteiger partial charge in [-0.25, -0.2) is 16.8 Å². The van der Waals surface area contributed by atoms with Crippen molar-refractivity contribution in [1.29, 1.82) is 0 Å². The number of ether oxygens (including phenoxy) is 2. The van der Waals surface area contributed by atoms with Gasteiger partial charge in [-0.05, 0) is 29.8 Å². The zero-order chi connectivity index (χ0) is 14.7. The first-order chi connectivity index (χ1) is 9.58. The van der Waals surface area contributed by atoms with Crippen molar-refractivity contribution in [3.8, 4) is 22.6 Å². The molecule has 0 saturated carbocycles. The van der Waals surface area contributed by atoms with Gasteiger partial charge in [0.15, 0.2) is 11.5 Å². The van der Waals surface area contributed by atoms with Crippen molar-refractivity contribution < 1.29 is 9.47 Å². The molecule has 0 amide bonds. The zero-order valence-corrected chi connectivity index (χ0v) is 11.5. The fourth-order valence-electron chi connectivity index (χ4n) is 2.05. The maximum Gasteiger partial charge on any atom is 0.187 e. The van der Waals surface area contributed by atoms with Gasteiger partial charge in [-0.2, -0.15) is 0 Å². The molecule has 20 heavy (non-hydrogen) atoms. The molecule has 0 aliphatic heterocycles. The van der Waals surface area contributed by atoms with Crippen LogP contribution < -0.4 is 32.0 Å². The number of hydrogen-bond donors (Lipinski definition) is 3. The molecule has 6 N–H and O–H groups in total. The van der Waals surface area contributed by atoms with E-state index < -0.39 is 0 Å². The molecule has 2 rings (SSSR count). The lowest BCUT2D eigenvalue weighted by Gasteiger charge is -2.20. The summed E-state index contributed by atoms with van der Waals surface area (Å²) in [4.78, 5) is 0. The normalized spacial score (nSPS) is 10.2. The standard InChI is InChI=1S/C14H18N4O2/c1-19-13-11(9-3-5-10(15)6-4-9)7-8-12(18(16)17)14(13)20-2/h3-8H,15-17H2,1-2H3. The van der Waals surface area contributed by atoms with Crippen molar-refractivity contribution in [2.75, 3.05) is 25.1 Å². The first-order valence-corrected chi connectivity index (χ1v) is 5.99. The largest absolute Gasteiger partial charge is 0.492 e. The highest BCUT2D eigenvalue weighted by Gasteiger charge is 2.17. The number of methoxy groups -OCH3 is 2. The van der Waals surface area contributed by atoms with Gasteiger partial charge in [0.25, 0.3) is 0 Å². The van der Waals surface area contributed by atoms with Gasteiger partial charge in [-0.1, -0.05) is 12.1 Å². The molecular formula is C14H18N4O2. The molecule has 0 aliphatic carbocycles. The Morgan fingerprint density at radius 2 is 1.45 bits per heavy atom. The van der Waals surface area contributed by atoms with Crippen LogP contribution in [0.25, 0.3) is 11.1 Å². The fourth-order valence-corrected chi connectivity index (χ4v) is 2.05. The molecule has 0 aromatic heterocycles. The van der Waals surface area contributed by atoms with Crippen LogP contribution in [0, 0.1) is 0 Å². The van der Waals surface area contributed by atoms with E-state index in [2.05, 4.69) is 0 Å². The Hall–Kier alpha value is -2.44. The van der Waals surface area contributed by atoms with Crippen LogP contribution in [-0.4, -0.2) is 14.2 Å². The van der Waals surface area contributed by atoms with Crippen molar-refractivity contribution in [2.45, 2.75) is 0 Å². The van der Waals surface area contributed by atoms with Gasteiger partial charge >= 0.3 is 0 Å². The van der Waals surface area contributed by atoms with Crippen LogP contribution in [0.1, 0.15) is 0 Å². The van der Waals surface area contributed by atoms with Crippen LogP contribution in [-0.2, 0) is 0 Å². The predicted molar refractivity (Wildman–Crippen MR) is 80.2 cm³/mol. The number of nitrogens with two attached hydrogens (primary N) is 3. The van der Waals surface area contributed by atoms with Crippen molar-refractivity contribution in [3.05, 3.63) is 36.4 Å². The molecule has 0 fully saturated rings. The highest BCUT2D eigenvalue weighted by atomic mass is 16.5. The van der Waals surface area contributed by atoms with E-state index in [0.29, 0.717) is 22.9 Å². The highest BCUT2D eigenvalue weighted by Crippen LogP contribution is 2.43. The summed E-state index contributed by atoms with van der Waals surface area (Å²) in [5.74, 6) is 12.2. The summed E-state index contributed by atoms with van der Waals surface area (Å²) in [7, 11) is 3.11. The van der Waals surface area contributed by atoms with Crippen LogP contribution in [0.15, 0.2) is 36.4 Å². The van der Waals surface area contributed by atoms with Crippen LogP contribution in [0.2, 0.25) is 0 Å². The SMILES string of the molecule is COc1c(-c2ccc(N)cc2)ccc(N(N)N)c1OC. The summed E-state index contributed by atoms with van der Waals surface area (Å²) in [5, 5.41) is 0.994. The van der Waals surface area contributed by atoms with E-state index in [-0.39, 0.29) is 0 Å². The lowest BCUT2D eigenvalue weighted by atomic mass is 10.0. The highest BCUT2D eigenvalue weighted by molar-refractivity contribution is 5.80. The molecule has 0 aliphatic rings. The maximum atomic E-state index is 5.70. The van der Waals surface area contributed by atoms with Gasteiger partial charge in [0.2, 0.25) is 0 Å². The van der Waals surface area contributed by atoms with E-state index in [0.717, 1.165) is 16.2 Å². The number of nitrogen functional groups attached to an aromatic ring is 1. The molecule has 0 radical (unpaired) electrons. The molecular weight excluding hydrogens is 256 g/mol. The van der Waals surface area contributed by atoms with Gasteiger partial charge in [0, 0.05) is 11.3 Å². The minimum absolute atomic E-state index is 0.479. The summed E-state index contributed by atoms with van der Waals surface area (Å²) in [6.45, 7) is 0. The van der Waals surface area contributed by atoms with Crippen molar-refractivity contribution >= 4 is 11.4 Å². The van der Waals surface area contributed by atoms with Gasteiger partial charge in [-0.15, -0.1) is 0 Å². The minimum atomic E-state index is 0.479. The molecule has 0 unspecified atom stereocenters. The second-order valence-corrected chi connectivity index (χ2v) is 4.23. The Morgan fingerprint density at radius 3 is 1.95 bits per heavy atom. The Bertz CT molecular complexity index is 597. The number of hydrogen-bond acceptors (Lipinski definition) is 6. The third-order valence-electron chi connectivity index (χ3n) is 3.00. The second-order valence-electron chi connectivity index (χ2n) is 4.23. The van der Waals surface area contributed by atoms with Crippen molar-refractivity contribution in [1.82, 2.24) is 0 Å². The molecule has 6 heteroatoms. The smallest absolute Gasteiger partial charge is 0.187 e. The quantitative estimate of drug-likeness (QED) is 0.444. The fraction of sp³-hybridized carbons (Fsp3) is 0.143. The molecule has 6 nitrogen and oxygen atoms in total. The molecule has 0 heterocycles. The number of rotatable bonds is 4. The molecule has 0 bridgehead atoms. The van der Waals surface area contributed by atoms with Crippen molar-refractivity contribution in [3.63, 3.8) is 0 Å². The van der Waals surface area contributed by atoms with E-state index in [9.17, 15) is 0 Å². The molecule has 0 spiro atoms.